The molecule has 0 unspecified atom stereocenters. The fourth-order valence-electron chi connectivity index (χ4n) is 2.31. The van der Waals surface area contributed by atoms with E-state index < -0.39 is 10.0 Å². The summed E-state index contributed by atoms with van der Waals surface area (Å²) in [6.07, 6.45) is 2.68. The van der Waals surface area contributed by atoms with Crippen molar-refractivity contribution >= 4 is 10.0 Å². The molecule has 0 atom stereocenters. The smallest absolute Gasteiger partial charge is 0.214 e. The summed E-state index contributed by atoms with van der Waals surface area (Å²) in [7, 11) is -3.10. The minimum atomic E-state index is -3.10. The van der Waals surface area contributed by atoms with Crippen LogP contribution >= 0.6 is 0 Å². The van der Waals surface area contributed by atoms with Crippen molar-refractivity contribution in [2.24, 2.45) is 0 Å². The molecule has 0 aliphatic heterocycles. The van der Waals surface area contributed by atoms with Crippen LogP contribution < -0.4 is 5.32 Å². The maximum Gasteiger partial charge on any atom is 0.214 e. The van der Waals surface area contributed by atoms with Gasteiger partial charge in [-0.25, -0.2) is 12.7 Å². The zero-order valence-corrected chi connectivity index (χ0v) is 15.2. The quantitative estimate of drug-likeness (QED) is 0.495. The summed E-state index contributed by atoms with van der Waals surface area (Å²) in [6, 6.07) is 0. The number of rotatable bonds is 14. The van der Waals surface area contributed by atoms with Gasteiger partial charge in [0, 0.05) is 13.1 Å². The standard InChI is InChI=1S/C15H35N3O2S/c1-5-11-16-12-9-15-21(19,20)18(8-4)14-10-13-17(6-2)7-3/h16H,5-15H2,1-4H3. The second-order valence-electron chi connectivity index (χ2n) is 5.29. The van der Waals surface area contributed by atoms with Crippen LogP contribution in [-0.4, -0.2) is 69.2 Å². The highest BCUT2D eigenvalue weighted by Gasteiger charge is 2.19. The zero-order valence-electron chi connectivity index (χ0n) is 14.4. The lowest BCUT2D eigenvalue weighted by atomic mass is 10.3. The van der Waals surface area contributed by atoms with Gasteiger partial charge >= 0.3 is 0 Å². The maximum absolute atomic E-state index is 12.3. The summed E-state index contributed by atoms with van der Waals surface area (Å²) in [4.78, 5) is 2.33. The van der Waals surface area contributed by atoms with Crippen molar-refractivity contribution in [1.82, 2.24) is 14.5 Å². The molecule has 5 nitrogen and oxygen atoms in total. The van der Waals surface area contributed by atoms with Crippen LogP contribution in [0.5, 0.6) is 0 Å². The third-order valence-electron chi connectivity index (χ3n) is 3.71. The molecular formula is C15H35N3O2S. The molecule has 0 radical (unpaired) electrons. The minimum Gasteiger partial charge on any atom is -0.317 e. The van der Waals surface area contributed by atoms with Gasteiger partial charge in [0.1, 0.15) is 0 Å². The van der Waals surface area contributed by atoms with Gasteiger partial charge in [0.05, 0.1) is 5.75 Å². The van der Waals surface area contributed by atoms with Gasteiger partial charge in [-0.1, -0.05) is 27.7 Å². The molecule has 0 aliphatic rings. The number of nitrogens with zero attached hydrogens (tertiary/aromatic N) is 2. The van der Waals surface area contributed by atoms with Gasteiger partial charge in [-0.05, 0) is 52.0 Å². The average Bonchev–Trinajstić information content (AvgIpc) is 2.47. The molecule has 0 rings (SSSR count). The molecule has 128 valence electrons. The van der Waals surface area contributed by atoms with Crippen LogP contribution in [0.3, 0.4) is 0 Å². The van der Waals surface area contributed by atoms with Gasteiger partial charge < -0.3 is 10.2 Å². The third kappa shape index (κ3) is 9.45. The van der Waals surface area contributed by atoms with E-state index in [1.807, 2.05) is 6.92 Å². The predicted molar refractivity (Wildman–Crippen MR) is 91.2 cm³/mol. The first-order chi connectivity index (χ1) is 10.0. The van der Waals surface area contributed by atoms with Crippen molar-refractivity contribution in [2.75, 3.05) is 51.6 Å². The van der Waals surface area contributed by atoms with Crippen LogP contribution in [0, 0.1) is 0 Å². The Labute approximate surface area is 132 Å². The molecule has 0 spiro atoms. The fraction of sp³-hybridized carbons (Fsp3) is 1.00. The molecule has 6 heteroatoms. The molecule has 0 aromatic carbocycles. The van der Waals surface area contributed by atoms with Gasteiger partial charge in [-0.15, -0.1) is 0 Å². The van der Waals surface area contributed by atoms with Crippen LogP contribution in [0.2, 0.25) is 0 Å². The Bertz CT molecular complexity index is 330. The van der Waals surface area contributed by atoms with Gasteiger partial charge in [0.25, 0.3) is 0 Å². The first-order valence-electron chi connectivity index (χ1n) is 8.42. The zero-order chi connectivity index (χ0) is 16.1. The van der Waals surface area contributed by atoms with Crippen LogP contribution in [0.25, 0.3) is 0 Å². The van der Waals surface area contributed by atoms with Gasteiger partial charge in [0.2, 0.25) is 10.0 Å². The fourth-order valence-corrected chi connectivity index (χ4v) is 3.88. The molecule has 21 heavy (non-hydrogen) atoms. The summed E-state index contributed by atoms with van der Waals surface area (Å²) in [5.74, 6) is 0.253. The van der Waals surface area contributed by atoms with E-state index in [-0.39, 0.29) is 5.75 Å². The largest absolute Gasteiger partial charge is 0.317 e. The first kappa shape index (κ1) is 20.8. The van der Waals surface area contributed by atoms with Crippen LogP contribution in [0.4, 0.5) is 0 Å². The summed E-state index contributed by atoms with van der Waals surface area (Å²) < 4.78 is 26.2. The Kier molecular flexibility index (Phi) is 12.3. The number of hydrogen-bond donors (Lipinski definition) is 1. The molecule has 0 saturated heterocycles. The Hall–Kier alpha value is -0.170. The number of hydrogen-bond acceptors (Lipinski definition) is 4. The summed E-state index contributed by atoms with van der Waals surface area (Å²) in [6.45, 7) is 14.3. The van der Waals surface area contributed by atoms with Crippen molar-refractivity contribution < 1.29 is 8.42 Å². The van der Waals surface area contributed by atoms with E-state index in [0.717, 1.165) is 45.6 Å². The highest BCUT2D eigenvalue weighted by Crippen LogP contribution is 2.05. The predicted octanol–water partition coefficient (Wildman–Crippen LogP) is 1.76. The van der Waals surface area contributed by atoms with Crippen molar-refractivity contribution in [3.05, 3.63) is 0 Å². The monoisotopic (exact) mass is 321 g/mol. The van der Waals surface area contributed by atoms with Crippen molar-refractivity contribution in [2.45, 2.75) is 47.0 Å². The molecule has 0 fully saturated rings. The normalized spacial score (nSPS) is 12.5. The van der Waals surface area contributed by atoms with Gasteiger partial charge in [0.15, 0.2) is 0 Å². The average molecular weight is 322 g/mol. The highest BCUT2D eigenvalue weighted by molar-refractivity contribution is 7.89. The summed E-state index contributed by atoms with van der Waals surface area (Å²) in [5, 5.41) is 3.25. The minimum absolute atomic E-state index is 0.253. The Morgan fingerprint density at radius 1 is 0.857 bits per heavy atom. The van der Waals surface area contributed by atoms with E-state index in [1.165, 1.54) is 0 Å². The maximum atomic E-state index is 12.3. The lowest BCUT2D eigenvalue weighted by Gasteiger charge is -2.23. The van der Waals surface area contributed by atoms with Crippen LogP contribution in [0.15, 0.2) is 0 Å². The molecule has 0 heterocycles. The lowest BCUT2D eigenvalue weighted by molar-refractivity contribution is 0.285. The highest BCUT2D eigenvalue weighted by atomic mass is 32.2. The molecule has 0 amide bonds. The molecule has 0 saturated carbocycles. The van der Waals surface area contributed by atoms with Crippen LogP contribution in [0.1, 0.15) is 47.0 Å². The summed E-state index contributed by atoms with van der Waals surface area (Å²) in [5.41, 5.74) is 0. The van der Waals surface area contributed by atoms with Crippen LogP contribution in [-0.2, 0) is 10.0 Å². The van der Waals surface area contributed by atoms with Crippen molar-refractivity contribution in [3.63, 3.8) is 0 Å². The van der Waals surface area contributed by atoms with Gasteiger partial charge in [-0.2, -0.15) is 0 Å². The molecule has 0 aromatic rings. The second-order valence-corrected chi connectivity index (χ2v) is 7.38. The summed E-state index contributed by atoms with van der Waals surface area (Å²) >= 11 is 0. The Morgan fingerprint density at radius 3 is 2.05 bits per heavy atom. The first-order valence-corrected chi connectivity index (χ1v) is 10.0. The molecule has 0 aliphatic carbocycles. The Morgan fingerprint density at radius 2 is 1.52 bits per heavy atom. The van der Waals surface area contributed by atoms with E-state index in [4.69, 9.17) is 0 Å². The van der Waals surface area contributed by atoms with Crippen molar-refractivity contribution in [3.8, 4) is 0 Å². The van der Waals surface area contributed by atoms with Crippen molar-refractivity contribution in [1.29, 1.82) is 0 Å². The topological polar surface area (TPSA) is 52.7 Å². The van der Waals surface area contributed by atoms with E-state index in [9.17, 15) is 8.42 Å². The number of sulfonamides is 1. The lowest BCUT2D eigenvalue weighted by Crippen LogP contribution is -2.36. The SMILES string of the molecule is CCCNCCCS(=O)(=O)N(CC)CCCN(CC)CC. The molecular weight excluding hydrogens is 286 g/mol. The number of nitrogens with one attached hydrogen (secondary N) is 1. The molecule has 1 N–H and O–H groups in total. The Balaban J connectivity index is 4.11. The van der Waals surface area contributed by atoms with E-state index in [1.54, 1.807) is 4.31 Å². The van der Waals surface area contributed by atoms with E-state index in [0.29, 0.717) is 19.5 Å². The molecule has 0 aromatic heterocycles. The van der Waals surface area contributed by atoms with E-state index in [2.05, 4.69) is 31.0 Å². The second kappa shape index (κ2) is 12.4. The third-order valence-corrected chi connectivity index (χ3v) is 5.74. The van der Waals surface area contributed by atoms with E-state index >= 15 is 0 Å². The molecule has 0 bridgehead atoms. The van der Waals surface area contributed by atoms with Gasteiger partial charge in [-0.3, -0.25) is 0 Å².